The first kappa shape index (κ1) is 19.5. The maximum absolute atomic E-state index is 11.0. The number of rotatable bonds is 4. The number of aromatic nitrogens is 1. The van der Waals surface area contributed by atoms with Crippen LogP contribution < -0.4 is 9.47 Å². The minimum atomic E-state index is 0.207. The number of pyridine rings is 1. The van der Waals surface area contributed by atoms with Crippen LogP contribution in [0, 0.1) is 0 Å². The van der Waals surface area contributed by atoms with Crippen LogP contribution in [0.4, 0.5) is 0 Å². The van der Waals surface area contributed by atoms with Gasteiger partial charge in [0.05, 0.1) is 25.4 Å². The lowest BCUT2D eigenvalue weighted by atomic mass is 10.00. The van der Waals surface area contributed by atoms with E-state index in [-0.39, 0.29) is 5.75 Å². The number of piperidine rings is 1. The number of nitrogens with zero attached hydrogens (tertiary/aromatic N) is 2. The van der Waals surface area contributed by atoms with E-state index in [1.165, 1.54) is 29.7 Å². The fourth-order valence-electron chi connectivity index (χ4n) is 4.49. The molecule has 3 heterocycles. The third-order valence-electron chi connectivity index (χ3n) is 6.10. The Kier molecular flexibility index (Phi) is 5.21. The maximum atomic E-state index is 11.0. The molecular weight excluding hydrogens is 396 g/mol. The quantitative estimate of drug-likeness (QED) is 0.622. The Bertz CT molecular complexity index is 1110. The van der Waals surface area contributed by atoms with Gasteiger partial charge in [-0.15, -0.1) is 11.8 Å². The number of benzene rings is 2. The molecule has 2 aliphatic rings. The fourth-order valence-corrected chi connectivity index (χ4v) is 5.49. The largest absolute Gasteiger partial charge is 0.504 e. The van der Waals surface area contributed by atoms with Crippen molar-refractivity contribution in [3.63, 3.8) is 0 Å². The van der Waals surface area contributed by atoms with Gasteiger partial charge in [0.2, 0.25) is 0 Å². The number of hydrogen-bond acceptors (Lipinski definition) is 6. The van der Waals surface area contributed by atoms with Gasteiger partial charge in [-0.3, -0.25) is 4.90 Å². The Balaban J connectivity index is 1.69. The van der Waals surface area contributed by atoms with Crippen molar-refractivity contribution in [3.05, 3.63) is 41.5 Å². The molecule has 1 fully saturated rings. The molecular formula is C24H26N2O3S. The number of hydrogen-bond donors (Lipinski definition) is 1. The second-order valence-electron chi connectivity index (χ2n) is 7.96. The number of phenols is 1. The Labute approximate surface area is 181 Å². The van der Waals surface area contributed by atoms with Crippen molar-refractivity contribution in [1.82, 2.24) is 9.88 Å². The molecule has 0 bridgehead atoms. The van der Waals surface area contributed by atoms with Crippen LogP contribution in [0.15, 0.2) is 35.2 Å². The van der Waals surface area contributed by atoms with Gasteiger partial charge < -0.3 is 14.6 Å². The van der Waals surface area contributed by atoms with Crippen LogP contribution in [0.5, 0.6) is 17.2 Å². The van der Waals surface area contributed by atoms with E-state index in [2.05, 4.69) is 23.1 Å². The molecule has 3 aromatic rings. The zero-order valence-electron chi connectivity index (χ0n) is 17.4. The molecule has 0 unspecified atom stereocenters. The van der Waals surface area contributed by atoms with Crippen molar-refractivity contribution in [2.75, 3.05) is 27.3 Å². The second-order valence-corrected chi connectivity index (χ2v) is 8.98. The van der Waals surface area contributed by atoms with Gasteiger partial charge in [0.15, 0.2) is 11.5 Å². The molecule has 0 atom stereocenters. The molecule has 0 amide bonds. The van der Waals surface area contributed by atoms with Crippen molar-refractivity contribution >= 4 is 22.7 Å². The Hall–Kier alpha value is -2.44. The molecule has 2 aromatic carbocycles. The first-order valence-corrected chi connectivity index (χ1v) is 11.4. The molecule has 2 aliphatic heterocycles. The van der Waals surface area contributed by atoms with E-state index in [1.807, 2.05) is 23.9 Å². The van der Waals surface area contributed by atoms with E-state index in [0.29, 0.717) is 12.3 Å². The smallest absolute Gasteiger partial charge is 0.164 e. The summed E-state index contributed by atoms with van der Waals surface area (Å²) in [6.45, 7) is 2.80. The molecule has 0 saturated carbocycles. The van der Waals surface area contributed by atoms with Crippen LogP contribution in [0.3, 0.4) is 0 Å². The van der Waals surface area contributed by atoms with Crippen LogP contribution in [0.2, 0.25) is 0 Å². The highest BCUT2D eigenvalue weighted by molar-refractivity contribution is 7.98. The third-order valence-corrected chi connectivity index (χ3v) is 7.22. The van der Waals surface area contributed by atoms with E-state index in [1.54, 1.807) is 14.2 Å². The van der Waals surface area contributed by atoms with Crippen LogP contribution >= 0.6 is 11.8 Å². The van der Waals surface area contributed by atoms with E-state index >= 15 is 0 Å². The van der Waals surface area contributed by atoms with Gasteiger partial charge in [-0.05, 0) is 61.8 Å². The molecule has 1 saturated heterocycles. The van der Waals surface area contributed by atoms with Crippen molar-refractivity contribution < 1.29 is 14.6 Å². The lowest BCUT2D eigenvalue weighted by Gasteiger charge is -2.28. The van der Waals surface area contributed by atoms with E-state index < -0.39 is 0 Å². The lowest BCUT2D eigenvalue weighted by molar-refractivity contribution is 0.218. The number of phenolic OH excluding ortho intramolecular Hbond substituents is 1. The number of fused-ring (bicyclic) bond motifs is 4. The van der Waals surface area contributed by atoms with Gasteiger partial charge in [0.1, 0.15) is 5.75 Å². The van der Waals surface area contributed by atoms with Gasteiger partial charge in [-0.2, -0.15) is 0 Å². The SMILES string of the molecule is COc1ccc2c(c1)-c1nc3c(CN4CCCCC4)c(O)c(OC)cc3cc1CS2. The molecule has 6 heteroatoms. The predicted molar refractivity (Wildman–Crippen MR) is 121 cm³/mol. The molecule has 1 aromatic heterocycles. The molecule has 1 N–H and O–H groups in total. The van der Waals surface area contributed by atoms with Crippen molar-refractivity contribution in [2.24, 2.45) is 0 Å². The summed E-state index contributed by atoms with van der Waals surface area (Å²) in [7, 11) is 3.29. The average Bonchev–Trinajstić information content (AvgIpc) is 2.80. The highest BCUT2D eigenvalue weighted by atomic mass is 32.2. The summed E-state index contributed by atoms with van der Waals surface area (Å²) in [5.41, 5.74) is 5.00. The van der Waals surface area contributed by atoms with Crippen molar-refractivity contribution in [1.29, 1.82) is 0 Å². The van der Waals surface area contributed by atoms with Gasteiger partial charge in [-0.25, -0.2) is 4.98 Å². The van der Waals surface area contributed by atoms with Crippen LogP contribution in [0.25, 0.3) is 22.2 Å². The minimum absolute atomic E-state index is 0.207. The number of methoxy groups -OCH3 is 2. The topological polar surface area (TPSA) is 54.8 Å². The predicted octanol–water partition coefficient (Wildman–Crippen LogP) is 5.22. The molecule has 156 valence electrons. The molecule has 0 spiro atoms. The molecule has 30 heavy (non-hydrogen) atoms. The lowest BCUT2D eigenvalue weighted by Crippen LogP contribution is -2.29. The van der Waals surface area contributed by atoms with Crippen molar-refractivity contribution in [2.45, 2.75) is 36.5 Å². The van der Waals surface area contributed by atoms with E-state index in [0.717, 1.165) is 52.3 Å². The molecule has 5 nitrogen and oxygen atoms in total. The first-order chi connectivity index (χ1) is 14.7. The van der Waals surface area contributed by atoms with Gasteiger partial charge in [-0.1, -0.05) is 6.42 Å². The number of likely N-dealkylation sites (tertiary alicyclic amines) is 1. The van der Waals surface area contributed by atoms with E-state index in [4.69, 9.17) is 14.5 Å². The number of thioether (sulfide) groups is 1. The average molecular weight is 423 g/mol. The third kappa shape index (κ3) is 3.38. The summed E-state index contributed by atoms with van der Waals surface area (Å²) in [6.07, 6.45) is 3.69. The van der Waals surface area contributed by atoms with Gasteiger partial charge in [0, 0.05) is 33.7 Å². The number of aromatic hydroxyl groups is 1. The summed E-state index contributed by atoms with van der Waals surface area (Å²) in [5, 5.41) is 12.0. The van der Waals surface area contributed by atoms with Crippen LogP contribution in [-0.4, -0.2) is 42.3 Å². The normalized spacial score (nSPS) is 16.2. The summed E-state index contributed by atoms with van der Waals surface area (Å²) < 4.78 is 11.0. The first-order valence-electron chi connectivity index (χ1n) is 10.4. The molecule has 0 aliphatic carbocycles. The monoisotopic (exact) mass is 422 g/mol. The second kappa shape index (κ2) is 8.00. The zero-order valence-corrected chi connectivity index (χ0v) is 18.2. The summed E-state index contributed by atoms with van der Waals surface area (Å²) in [4.78, 5) is 8.74. The fraction of sp³-hybridized carbons (Fsp3) is 0.375. The highest BCUT2D eigenvalue weighted by Crippen LogP contribution is 2.45. The Morgan fingerprint density at radius 3 is 2.67 bits per heavy atom. The minimum Gasteiger partial charge on any atom is -0.504 e. The summed E-state index contributed by atoms with van der Waals surface area (Å²) in [5.74, 6) is 2.43. The highest BCUT2D eigenvalue weighted by Gasteiger charge is 2.24. The van der Waals surface area contributed by atoms with Crippen LogP contribution in [-0.2, 0) is 12.3 Å². The van der Waals surface area contributed by atoms with Gasteiger partial charge in [0.25, 0.3) is 0 Å². The summed E-state index contributed by atoms with van der Waals surface area (Å²) >= 11 is 1.82. The standard InChI is InChI=1S/C24H26N2O3S/c1-28-17-6-7-21-18(12-17)23-16(14-30-21)10-15-11-20(29-2)24(27)19(22(15)25-23)13-26-8-4-3-5-9-26/h6-7,10-12,27H,3-5,8-9,13-14H2,1-2H3. The Morgan fingerprint density at radius 2 is 1.90 bits per heavy atom. The van der Waals surface area contributed by atoms with Gasteiger partial charge >= 0.3 is 0 Å². The van der Waals surface area contributed by atoms with Crippen molar-refractivity contribution in [3.8, 4) is 28.5 Å². The summed E-state index contributed by atoms with van der Waals surface area (Å²) in [6, 6.07) is 10.3. The molecule has 0 radical (unpaired) electrons. The molecule has 5 rings (SSSR count). The van der Waals surface area contributed by atoms with E-state index in [9.17, 15) is 5.11 Å². The Morgan fingerprint density at radius 1 is 1.07 bits per heavy atom. The maximum Gasteiger partial charge on any atom is 0.164 e. The number of ether oxygens (including phenoxy) is 2. The van der Waals surface area contributed by atoms with Crippen LogP contribution in [0.1, 0.15) is 30.4 Å². The zero-order chi connectivity index (χ0) is 20.7.